The quantitative estimate of drug-likeness (QED) is 0.742. The molecule has 6 heteroatoms. The Morgan fingerprint density at radius 1 is 1.25 bits per heavy atom. The number of hydrogen-bond acceptors (Lipinski definition) is 4. The van der Waals surface area contributed by atoms with E-state index >= 15 is 0 Å². The normalized spacial score (nSPS) is 11.2. The summed E-state index contributed by atoms with van der Waals surface area (Å²) >= 11 is 6.00. The maximum absolute atomic E-state index is 6.00. The van der Waals surface area contributed by atoms with Gasteiger partial charge in [0.1, 0.15) is 5.75 Å². The van der Waals surface area contributed by atoms with Gasteiger partial charge in [-0.05, 0) is 26.0 Å². The van der Waals surface area contributed by atoms with E-state index in [1.54, 1.807) is 12.4 Å². The van der Waals surface area contributed by atoms with Crippen LogP contribution in [0.15, 0.2) is 36.7 Å². The molecule has 5 nitrogen and oxygen atoms in total. The van der Waals surface area contributed by atoms with Crippen LogP contribution in [0.1, 0.15) is 13.8 Å². The van der Waals surface area contributed by atoms with Gasteiger partial charge in [0.15, 0.2) is 16.6 Å². The van der Waals surface area contributed by atoms with Crippen molar-refractivity contribution in [3.05, 3.63) is 41.8 Å². The van der Waals surface area contributed by atoms with Crippen LogP contribution in [0.3, 0.4) is 0 Å². The Morgan fingerprint density at radius 3 is 2.90 bits per heavy atom. The first-order chi connectivity index (χ1) is 9.65. The molecule has 3 rings (SSSR count). The molecule has 2 heterocycles. The van der Waals surface area contributed by atoms with Gasteiger partial charge in [-0.3, -0.25) is 4.40 Å². The van der Waals surface area contributed by atoms with Crippen LogP contribution in [0.2, 0.25) is 5.15 Å². The van der Waals surface area contributed by atoms with Crippen molar-refractivity contribution in [2.24, 2.45) is 0 Å². The van der Waals surface area contributed by atoms with Crippen LogP contribution in [0.5, 0.6) is 5.75 Å². The summed E-state index contributed by atoms with van der Waals surface area (Å²) in [5.74, 6) is 1.51. The summed E-state index contributed by atoms with van der Waals surface area (Å²) in [5.41, 5.74) is 1.46. The maximum Gasteiger partial charge on any atom is 0.198 e. The zero-order valence-corrected chi connectivity index (χ0v) is 11.9. The predicted octanol–water partition coefficient (Wildman–Crippen LogP) is 3.23. The lowest BCUT2D eigenvalue weighted by Gasteiger charge is -2.10. The Morgan fingerprint density at radius 2 is 2.10 bits per heavy atom. The van der Waals surface area contributed by atoms with Crippen molar-refractivity contribution in [2.75, 3.05) is 0 Å². The molecule has 0 radical (unpaired) electrons. The Balaban J connectivity index is 2.09. The van der Waals surface area contributed by atoms with Gasteiger partial charge in [-0.2, -0.15) is 0 Å². The van der Waals surface area contributed by atoms with Crippen LogP contribution in [0.25, 0.3) is 17.0 Å². The lowest BCUT2D eigenvalue weighted by atomic mass is 10.2. The fourth-order valence-corrected chi connectivity index (χ4v) is 2.16. The van der Waals surface area contributed by atoms with Crippen molar-refractivity contribution in [3.63, 3.8) is 0 Å². The third kappa shape index (κ3) is 2.32. The number of hydrogen-bond donors (Lipinski definition) is 0. The molecular formula is C14H13ClN4O. The summed E-state index contributed by atoms with van der Waals surface area (Å²) < 4.78 is 7.50. The van der Waals surface area contributed by atoms with Gasteiger partial charge in [-0.1, -0.05) is 23.7 Å². The molecule has 20 heavy (non-hydrogen) atoms. The van der Waals surface area contributed by atoms with Gasteiger partial charge in [-0.25, -0.2) is 4.98 Å². The van der Waals surface area contributed by atoms with Gasteiger partial charge in [0.05, 0.1) is 6.10 Å². The number of fused-ring (bicyclic) bond motifs is 1. The van der Waals surface area contributed by atoms with Crippen LogP contribution in [0.4, 0.5) is 0 Å². The second-order valence-electron chi connectivity index (χ2n) is 4.63. The molecule has 0 aliphatic carbocycles. The summed E-state index contributed by atoms with van der Waals surface area (Å²) in [6.45, 7) is 3.98. The second kappa shape index (κ2) is 5.09. The zero-order valence-electron chi connectivity index (χ0n) is 11.1. The van der Waals surface area contributed by atoms with E-state index in [4.69, 9.17) is 16.3 Å². The molecule has 0 amide bonds. The van der Waals surface area contributed by atoms with E-state index in [0.717, 1.165) is 11.3 Å². The fourth-order valence-electron chi connectivity index (χ4n) is 1.97. The molecule has 0 saturated heterocycles. The first-order valence-corrected chi connectivity index (χ1v) is 6.65. The average Bonchev–Trinajstić information content (AvgIpc) is 2.83. The first kappa shape index (κ1) is 12.9. The highest BCUT2D eigenvalue weighted by molar-refractivity contribution is 6.32. The monoisotopic (exact) mass is 288 g/mol. The van der Waals surface area contributed by atoms with Crippen molar-refractivity contribution in [3.8, 4) is 17.1 Å². The summed E-state index contributed by atoms with van der Waals surface area (Å²) in [6.07, 6.45) is 3.53. The zero-order chi connectivity index (χ0) is 14.1. The van der Waals surface area contributed by atoms with E-state index < -0.39 is 0 Å². The Kier molecular flexibility index (Phi) is 3.28. The number of ether oxygens (including phenoxy) is 1. The number of halogens is 1. The lowest BCUT2D eigenvalue weighted by Crippen LogP contribution is -2.05. The van der Waals surface area contributed by atoms with Crippen LogP contribution < -0.4 is 4.74 Å². The predicted molar refractivity (Wildman–Crippen MR) is 77.0 cm³/mol. The third-order valence-electron chi connectivity index (χ3n) is 2.75. The molecule has 0 aliphatic rings. The largest absolute Gasteiger partial charge is 0.491 e. The molecule has 0 spiro atoms. The van der Waals surface area contributed by atoms with Gasteiger partial charge in [0.25, 0.3) is 0 Å². The molecule has 1 aromatic carbocycles. The minimum Gasteiger partial charge on any atom is -0.491 e. The van der Waals surface area contributed by atoms with Gasteiger partial charge >= 0.3 is 0 Å². The van der Waals surface area contributed by atoms with Crippen molar-refractivity contribution in [2.45, 2.75) is 20.0 Å². The third-order valence-corrected chi connectivity index (χ3v) is 3.01. The van der Waals surface area contributed by atoms with Gasteiger partial charge in [0.2, 0.25) is 0 Å². The smallest absolute Gasteiger partial charge is 0.198 e. The number of aromatic nitrogens is 4. The molecule has 2 aromatic heterocycles. The number of rotatable bonds is 3. The SMILES string of the molecule is CC(C)Oc1cccc(-c2nnc3c(Cl)nccn23)c1. The minimum absolute atomic E-state index is 0.124. The van der Waals surface area contributed by atoms with E-state index in [1.807, 2.05) is 42.5 Å². The Hall–Kier alpha value is -2.14. The van der Waals surface area contributed by atoms with Crippen molar-refractivity contribution < 1.29 is 4.74 Å². The molecule has 0 unspecified atom stereocenters. The summed E-state index contributed by atoms with van der Waals surface area (Å²) in [6, 6.07) is 7.74. The maximum atomic E-state index is 6.00. The van der Waals surface area contributed by atoms with Crippen LogP contribution in [0, 0.1) is 0 Å². The highest BCUT2D eigenvalue weighted by atomic mass is 35.5. The average molecular weight is 289 g/mol. The molecule has 0 saturated carbocycles. The minimum atomic E-state index is 0.124. The molecular weight excluding hydrogens is 276 g/mol. The molecule has 102 valence electrons. The highest BCUT2D eigenvalue weighted by Crippen LogP contribution is 2.24. The van der Waals surface area contributed by atoms with Crippen LogP contribution in [-0.2, 0) is 0 Å². The first-order valence-electron chi connectivity index (χ1n) is 6.27. The number of benzene rings is 1. The highest BCUT2D eigenvalue weighted by Gasteiger charge is 2.11. The van der Waals surface area contributed by atoms with E-state index in [0.29, 0.717) is 16.6 Å². The van der Waals surface area contributed by atoms with E-state index in [-0.39, 0.29) is 6.10 Å². The summed E-state index contributed by atoms with van der Waals surface area (Å²) in [7, 11) is 0. The van der Waals surface area contributed by atoms with Gasteiger partial charge < -0.3 is 4.74 Å². The number of nitrogens with zero attached hydrogens (tertiary/aromatic N) is 4. The molecule has 0 N–H and O–H groups in total. The van der Waals surface area contributed by atoms with Crippen molar-refractivity contribution in [1.29, 1.82) is 0 Å². The summed E-state index contributed by atoms with van der Waals surface area (Å²) in [5, 5.41) is 8.58. The topological polar surface area (TPSA) is 52.3 Å². The molecule has 0 bridgehead atoms. The van der Waals surface area contributed by atoms with E-state index in [9.17, 15) is 0 Å². The fraction of sp³-hybridized carbons (Fsp3) is 0.214. The Labute approximate surface area is 121 Å². The summed E-state index contributed by atoms with van der Waals surface area (Å²) in [4.78, 5) is 3.99. The Bertz CT molecular complexity index is 754. The molecule has 0 aliphatic heterocycles. The molecule has 3 aromatic rings. The van der Waals surface area contributed by atoms with E-state index in [2.05, 4.69) is 15.2 Å². The molecule has 0 fully saturated rings. The van der Waals surface area contributed by atoms with Crippen molar-refractivity contribution >= 4 is 17.2 Å². The lowest BCUT2D eigenvalue weighted by molar-refractivity contribution is 0.242. The van der Waals surface area contributed by atoms with Gasteiger partial charge in [-0.15, -0.1) is 10.2 Å². The van der Waals surface area contributed by atoms with Crippen LogP contribution >= 0.6 is 11.6 Å². The van der Waals surface area contributed by atoms with Crippen LogP contribution in [-0.4, -0.2) is 25.7 Å². The van der Waals surface area contributed by atoms with E-state index in [1.165, 1.54) is 0 Å². The molecule has 0 atom stereocenters. The van der Waals surface area contributed by atoms with Gasteiger partial charge in [0, 0.05) is 18.0 Å². The standard InChI is InChI=1S/C14H13ClN4O/c1-9(2)20-11-5-3-4-10(8-11)13-17-18-14-12(15)16-6-7-19(13)14/h3-9H,1-2H3. The second-order valence-corrected chi connectivity index (χ2v) is 4.99. The van der Waals surface area contributed by atoms with Crippen molar-refractivity contribution in [1.82, 2.24) is 19.6 Å².